The van der Waals surface area contributed by atoms with Gasteiger partial charge in [0, 0.05) is 26.2 Å². The summed E-state index contributed by atoms with van der Waals surface area (Å²) in [5.74, 6) is 1.45. The largest absolute Gasteiger partial charge is 0.376 e. The molecule has 0 spiro atoms. The number of amides is 1. The van der Waals surface area contributed by atoms with Crippen LogP contribution in [0.1, 0.15) is 30.6 Å². The van der Waals surface area contributed by atoms with Crippen molar-refractivity contribution in [3.8, 4) is 0 Å². The quantitative estimate of drug-likeness (QED) is 0.781. The second-order valence-electron chi connectivity index (χ2n) is 5.81. The Bertz CT molecular complexity index is 500. The van der Waals surface area contributed by atoms with E-state index < -0.39 is 0 Å². The number of ether oxygens (including phenoxy) is 2. The summed E-state index contributed by atoms with van der Waals surface area (Å²) in [5, 5.41) is 9.90. The molecular formula is C14H23N5O3. The normalized spacial score (nSPS) is 26.2. The van der Waals surface area contributed by atoms with Crippen molar-refractivity contribution in [2.75, 3.05) is 39.4 Å². The predicted octanol–water partition coefficient (Wildman–Crippen LogP) is -0.218. The van der Waals surface area contributed by atoms with Crippen LogP contribution in [-0.4, -0.2) is 71.5 Å². The number of morpholine rings is 1. The van der Waals surface area contributed by atoms with Gasteiger partial charge in [0.1, 0.15) is 11.9 Å². The predicted molar refractivity (Wildman–Crippen MR) is 78.2 cm³/mol. The van der Waals surface area contributed by atoms with Crippen LogP contribution in [0.2, 0.25) is 0 Å². The van der Waals surface area contributed by atoms with E-state index in [-0.39, 0.29) is 18.1 Å². The molecule has 2 saturated heterocycles. The molecule has 1 aromatic rings. The molecule has 2 aliphatic heterocycles. The van der Waals surface area contributed by atoms with Crippen LogP contribution < -0.4 is 5.32 Å². The second kappa shape index (κ2) is 7.17. The molecule has 8 nitrogen and oxygen atoms in total. The van der Waals surface area contributed by atoms with Crippen LogP contribution in [0.5, 0.6) is 0 Å². The number of carbonyl (C=O) groups excluding carboxylic acids is 1. The highest BCUT2D eigenvalue weighted by Gasteiger charge is 2.26. The fraction of sp³-hybridized carbons (Fsp3) is 0.786. The number of hydrogen-bond acceptors (Lipinski definition) is 6. The molecule has 8 heteroatoms. The number of nitrogens with one attached hydrogen (secondary N) is 2. The summed E-state index contributed by atoms with van der Waals surface area (Å²) >= 11 is 0. The van der Waals surface area contributed by atoms with E-state index in [1.807, 2.05) is 6.92 Å². The lowest BCUT2D eigenvalue weighted by Crippen LogP contribution is -2.45. The van der Waals surface area contributed by atoms with Crippen molar-refractivity contribution in [2.45, 2.75) is 32.0 Å². The van der Waals surface area contributed by atoms with Gasteiger partial charge in [0.05, 0.1) is 19.3 Å². The summed E-state index contributed by atoms with van der Waals surface area (Å²) in [6, 6.07) is 0. The minimum Gasteiger partial charge on any atom is -0.376 e. The monoisotopic (exact) mass is 309 g/mol. The van der Waals surface area contributed by atoms with Gasteiger partial charge in [0.15, 0.2) is 5.82 Å². The molecule has 2 atom stereocenters. The van der Waals surface area contributed by atoms with E-state index in [1.54, 1.807) is 0 Å². The van der Waals surface area contributed by atoms with Crippen molar-refractivity contribution in [3.63, 3.8) is 0 Å². The average molecular weight is 309 g/mol. The highest BCUT2D eigenvalue weighted by atomic mass is 16.5. The van der Waals surface area contributed by atoms with E-state index in [4.69, 9.17) is 9.47 Å². The number of aromatic nitrogens is 3. The number of aryl methyl sites for hydroxylation is 1. The van der Waals surface area contributed by atoms with E-state index in [9.17, 15) is 4.79 Å². The molecule has 2 aliphatic rings. The summed E-state index contributed by atoms with van der Waals surface area (Å²) < 4.78 is 11.2. The first-order valence-corrected chi connectivity index (χ1v) is 7.82. The van der Waals surface area contributed by atoms with E-state index in [0.29, 0.717) is 32.1 Å². The molecule has 0 aliphatic carbocycles. The first-order chi connectivity index (χ1) is 10.7. The fourth-order valence-electron chi connectivity index (χ4n) is 2.80. The summed E-state index contributed by atoms with van der Waals surface area (Å²) in [7, 11) is 0. The minimum absolute atomic E-state index is 0.0299. The maximum Gasteiger partial charge on any atom is 0.234 e. The summed E-state index contributed by atoms with van der Waals surface area (Å²) in [6.45, 7) is 5.59. The molecule has 3 heterocycles. The third-order valence-electron chi connectivity index (χ3n) is 3.97. The van der Waals surface area contributed by atoms with Crippen molar-refractivity contribution in [1.82, 2.24) is 25.4 Å². The van der Waals surface area contributed by atoms with Crippen LogP contribution in [0.15, 0.2) is 0 Å². The van der Waals surface area contributed by atoms with E-state index >= 15 is 0 Å². The lowest BCUT2D eigenvalue weighted by Gasteiger charge is -2.31. The topological polar surface area (TPSA) is 92.4 Å². The molecule has 2 N–H and O–H groups in total. The van der Waals surface area contributed by atoms with Gasteiger partial charge >= 0.3 is 0 Å². The number of rotatable bonds is 5. The first-order valence-electron chi connectivity index (χ1n) is 7.82. The highest BCUT2D eigenvalue weighted by molar-refractivity contribution is 5.78. The molecule has 1 amide bonds. The maximum absolute atomic E-state index is 12.0. The number of carbonyl (C=O) groups is 1. The molecular weight excluding hydrogens is 286 g/mol. The smallest absolute Gasteiger partial charge is 0.234 e. The van der Waals surface area contributed by atoms with Gasteiger partial charge in [-0.25, -0.2) is 4.98 Å². The fourth-order valence-corrected chi connectivity index (χ4v) is 2.80. The average Bonchev–Trinajstić information content (AvgIpc) is 3.17. The van der Waals surface area contributed by atoms with Crippen LogP contribution in [0, 0.1) is 6.92 Å². The molecule has 2 fully saturated rings. The zero-order valence-electron chi connectivity index (χ0n) is 12.9. The molecule has 0 bridgehead atoms. The standard InChI is InChI=1S/C14H23N5O3/c1-10-16-14(18-17-10)12-8-19(4-6-22-12)9-13(20)15-7-11-3-2-5-21-11/h11-12H,2-9H2,1H3,(H,15,20)(H,16,17,18)/t11-,12+/m0/s1. The SMILES string of the molecule is Cc1nc([C@H]2CN(CC(=O)NC[C@@H]3CCCO3)CCO2)n[nH]1. The maximum atomic E-state index is 12.0. The van der Waals surface area contributed by atoms with E-state index in [0.717, 1.165) is 31.8 Å². The van der Waals surface area contributed by atoms with Crippen molar-refractivity contribution < 1.29 is 14.3 Å². The van der Waals surface area contributed by atoms with Gasteiger partial charge in [0.2, 0.25) is 5.91 Å². The third-order valence-corrected chi connectivity index (χ3v) is 3.97. The van der Waals surface area contributed by atoms with E-state index in [2.05, 4.69) is 25.4 Å². The number of H-pyrrole nitrogens is 1. The summed E-state index contributed by atoms with van der Waals surface area (Å²) in [5.41, 5.74) is 0. The molecule has 1 aromatic heterocycles. The van der Waals surface area contributed by atoms with Gasteiger partial charge in [0.25, 0.3) is 0 Å². The van der Waals surface area contributed by atoms with Gasteiger partial charge in [-0.3, -0.25) is 14.8 Å². The Labute approximate surface area is 129 Å². The Morgan fingerprint density at radius 2 is 2.36 bits per heavy atom. The molecule has 0 aromatic carbocycles. The van der Waals surface area contributed by atoms with Crippen LogP contribution >= 0.6 is 0 Å². The second-order valence-corrected chi connectivity index (χ2v) is 5.81. The minimum atomic E-state index is -0.176. The van der Waals surface area contributed by atoms with Crippen LogP contribution in [0.25, 0.3) is 0 Å². The summed E-state index contributed by atoms with van der Waals surface area (Å²) in [4.78, 5) is 18.4. The lowest BCUT2D eigenvalue weighted by molar-refractivity contribution is -0.125. The Hall–Kier alpha value is -1.51. The zero-order chi connectivity index (χ0) is 15.4. The number of nitrogens with zero attached hydrogens (tertiary/aromatic N) is 3. The Morgan fingerprint density at radius 3 is 3.09 bits per heavy atom. The number of hydrogen-bond donors (Lipinski definition) is 2. The van der Waals surface area contributed by atoms with Gasteiger partial charge in [-0.2, -0.15) is 5.10 Å². The Morgan fingerprint density at radius 1 is 1.45 bits per heavy atom. The molecule has 0 radical (unpaired) electrons. The van der Waals surface area contributed by atoms with Crippen LogP contribution in [-0.2, 0) is 14.3 Å². The van der Waals surface area contributed by atoms with Gasteiger partial charge in [-0.1, -0.05) is 0 Å². The van der Waals surface area contributed by atoms with Crippen molar-refractivity contribution >= 4 is 5.91 Å². The molecule has 22 heavy (non-hydrogen) atoms. The van der Waals surface area contributed by atoms with Crippen LogP contribution in [0.4, 0.5) is 0 Å². The van der Waals surface area contributed by atoms with E-state index in [1.165, 1.54) is 0 Å². The van der Waals surface area contributed by atoms with Gasteiger partial charge in [-0.15, -0.1) is 0 Å². The molecule has 3 rings (SSSR count). The van der Waals surface area contributed by atoms with Crippen LogP contribution in [0.3, 0.4) is 0 Å². The van der Waals surface area contributed by atoms with Gasteiger partial charge in [-0.05, 0) is 19.8 Å². The summed E-state index contributed by atoms with van der Waals surface area (Å²) in [6.07, 6.45) is 2.12. The molecule has 122 valence electrons. The highest BCUT2D eigenvalue weighted by Crippen LogP contribution is 2.18. The van der Waals surface area contributed by atoms with Gasteiger partial charge < -0.3 is 14.8 Å². The zero-order valence-corrected chi connectivity index (χ0v) is 12.9. The first kappa shape index (κ1) is 15.4. The Balaban J connectivity index is 1.44. The van der Waals surface area contributed by atoms with Crippen molar-refractivity contribution in [1.29, 1.82) is 0 Å². The third kappa shape index (κ3) is 4.02. The Kier molecular flexibility index (Phi) is 5.01. The van der Waals surface area contributed by atoms with Crippen molar-refractivity contribution in [2.24, 2.45) is 0 Å². The molecule has 0 saturated carbocycles. The van der Waals surface area contributed by atoms with Crippen molar-refractivity contribution in [3.05, 3.63) is 11.6 Å². The number of aromatic amines is 1. The molecule has 0 unspecified atom stereocenters. The lowest BCUT2D eigenvalue weighted by atomic mass is 10.2.